The predicted molar refractivity (Wildman–Crippen MR) is 11.1 cm³/mol. The van der Waals surface area contributed by atoms with Crippen LogP contribution < -0.4 is 0 Å². The van der Waals surface area contributed by atoms with Crippen molar-refractivity contribution in [1.29, 1.82) is 0 Å². The normalized spacial score (nSPS) is 4.50. The van der Waals surface area contributed by atoms with Crippen LogP contribution in [0.5, 0.6) is 0 Å². The Labute approximate surface area is 50.7 Å². The summed E-state index contributed by atoms with van der Waals surface area (Å²) in [6, 6.07) is 0. The SMILES string of the molecule is C[CH-]F.[Y]. The molecular formula is C2H4FY-. The first-order valence-corrected chi connectivity index (χ1v) is 0.796. The molecule has 0 rings (SSSR count). The third-order valence-electron chi connectivity index (χ3n) is 0. The molecule has 0 saturated heterocycles. The van der Waals surface area contributed by atoms with E-state index in [-0.39, 0.29) is 32.7 Å². The monoisotopic (exact) mass is 136 g/mol. The molecule has 0 aliphatic carbocycles. The molecule has 0 N–H and O–H groups in total. The maximum absolute atomic E-state index is 10.2. The average molecular weight is 136 g/mol. The van der Waals surface area contributed by atoms with Gasteiger partial charge >= 0.3 is 0 Å². The summed E-state index contributed by atoms with van der Waals surface area (Å²) < 4.78 is 10.2. The smallest absolute Gasteiger partial charge is 0 e. The molecule has 0 atom stereocenters. The van der Waals surface area contributed by atoms with Crippen LogP contribution >= 0.6 is 0 Å². The summed E-state index contributed by atoms with van der Waals surface area (Å²) in [6.45, 7) is 1.83. The third kappa shape index (κ3) is 11.7. The van der Waals surface area contributed by atoms with Crippen LogP contribution in [0.3, 0.4) is 0 Å². The second kappa shape index (κ2) is 8.98. The summed E-state index contributed by atoms with van der Waals surface area (Å²) >= 11 is 0. The fraction of sp³-hybridized carbons (Fsp3) is 0.500. The third-order valence-corrected chi connectivity index (χ3v) is 0. The van der Waals surface area contributed by atoms with E-state index in [0.29, 0.717) is 6.67 Å². The number of halogens is 1. The van der Waals surface area contributed by atoms with Crippen LogP contribution in [0, 0.1) is 6.67 Å². The number of hydrogen-bond acceptors (Lipinski definition) is 0. The summed E-state index contributed by atoms with van der Waals surface area (Å²) in [4.78, 5) is 0. The summed E-state index contributed by atoms with van der Waals surface area (Å²) in [5.74, 6) is 0. The van der Waals surface area contributed by atoms with Crippen LogP contribution in [-0.4, -0.2) is 0 Å². The van der Waals surface area contributed by atoms with Gasteiger partial charge in [0, 0.05) is 32.7 Å². The zero-order valence-corrected chi connectivity index (χ0v) is 5.37. The van der Waals surface area contributed by atoms with E-state index in [1.807, 2.05) is 0 Å². The van der Waals surface area contributed by atoms with Crippen molar-refractivity contribution < 1.29 is 37.1 Å². The molecule has 0 unspecified atom stereocenters. The van der Waals surface area contributed by atoms with Gasteiger partial charge in [-0.1, -0.05) is 0 Å². The molecule has 0 aromatic carbocycles. The van der Waals surface area contributed by atoms with E-state index in [9.17, 15) is 4.39 Å². The van der Waals surface area contributed by atoms with E-state index >= 15 is 0 Å². The molecule has 0 spiro atoms. The molecule has 0 aliphatic heterocycles. The van der Waals surface area contributed by atoms with Crippen molar-refractivity contribution in [3.05, 3.63) is 6.67 Å². The molecule has 0 heterocycles. The maximum Gasteiger partial charge on any atom is 0 e. The van der Waals surface area contributed by atoms with Gasteiger partial charge in [0.1, 0.15) is 0 Å². The van der Waals surface area contributed by atoms with Crippen LogP contribution in [-0.2, 0) is 32.7 Å². The fourth-order valence-electron chi connectivity index (χ4n) is 0. The van der Waals surface area contributed by atoms with Crippen molar-refractivity contribution >= 4 is 0 Å². The van der Waals surface area contributed by atoms with Crippen LogP contribution in [0.15, 0.2) is 0 Å². The number of rotatable bonds is 0. The van der Waals surface area contributed by atoms with Gasteiger partial charge in [-0.25, -0.2) is 0 Å². The minimum absolute atomic E-state index is 0. The Morgan fingerprint density at radius 3 is 1.75 bits per heavy atom. The molecule has 0 saturated carbocycles. The molecule has 2 heteroatoms. The van der Waals surface area contributed by atoms with Gasteiger partial charge in [0.05, 0.1) is 0 Å². The maximum atomic E-state index is 10.2. The molecule has 4 heavy (non-hydrogen) atoms. The largest absolute Gasteiger partial charge is 0.460 e. The Morgan fingerprint density at radius 1 is 1.75 bits per heavy atom. The molecule has 0 aliphatic rings. The molecule has 1 radical (unpaired) electrons. The van der Waals surface area contributed by atoms with Gasteiger partial charge in [-0.2, -0.15) is 13.6 Å². The van der Waals surface area contributed by atoms with Gasteiger partial charge in [0.2, 0.25) is 0 Å². The van der Waals surface area contributed by atoms with Crippen LogP contribution in [0.4, 0.5) is 4.39 Å². The average Bonchev–Trinajstić information content (AvgIpc) is 0.918. The minimum Gasteiger partial charge on any atom is -0.460 e. The van der Waals surface area contributed by atoms with Crippen molar-refractivity contribution in [2.75, 3.05) is 0 Å². The van der Waals surface area contributed by atoms with E-state index in [1.165, 1.54) is 6.92 Å². The van der Waals surface area contributed by atoms with Crippen molar-refractivity contribution in [2.24, 2.45) is 0 Å². The standard InChI is InChI=1S/C2H4F.Y/c1-2-3;/h2H,1H3;/q-1;. The summed E-state index contributed by atoms with van der Waals surface area (Å²) in [7, 11) is 0. The molecule has 0 aromatic rings. The first-order chi connectivity index (χ1) is 1.41. The Morgan fingerprint density at radius 2 is 1.75 bits per heavy atom. The molecule has 23 valence electrons. The molecule has 0 nitrogen and oxygen atoms in total. The summed E-state index contributed by atoms with van der Waals surface area (Å²) in [5, 5.41) is 0. The molecule has 0 aromatic heterocycles. The summed E-state index contributed by atoms with van der Waals surface area (Å²) in [5.41, 5.74) is 0. The van der Waals surface area contributed by atoms with E-state index in [1.54, 1.807) is 0 Å². The Kier molecular flexibility index (Phi) is 20.0. The zero-order valence-electron chi connectivity index (χ0n) is 2.53. The van der Waals surface area contributed by atoms with E-state index in [4.69, 9.17) is 0 Å². The van der Waals surface area contributed by atoms with Gasteiger partial charge in [-0.3, -0.25) is 0 Å². The first kappa shape index (κ1) is 8.90. The topological polar surface area (TPSA) is 0 Å². The zero-order chi connectivity index (χ0) is 2.71. The molecule has 0 bridgehead atoms. The Balaban J connectivity index is 0. The predicted octanol–water partition coefficient (Wildman–Crippen LogP) is 1.14. The van der Waals surface area contributed by atoms with E-state index < -0.39 is 0 Å². The van der Waals surface area contributed by atoms with E-state index in [2.05, 4.69) is 0 Å². The quantitative estimate of drug-likeness (QED) is 0.438. The van der Waals surface area contributed by atoms with Gasteiger partial charge in [0.25, 0.3) is 0 Å². The van der Waals surface area contributed by atoms with Gasteiger partial charge in [-0.05, 0) is 0 Å². The Hall–Kier alpha value is 1.03. The fourth-order valence-corrected chi connectivity index (χ4v) is 0. The van der Waals surface area contributed by atoms with Gasteiger partial charge in [-0.15, -0.1) is 0 Å². The summed E-state index contributed by atoms with van der Waals surface area (Å²) in [6.07, 6.45) is 0. The number of hydrogen-bond donors (Lipinski definition) is 0. The van der Waals surface area contributed by atoms with Crippen molar-refractivity contribution in [3.8, 4) is 0 Å². The molecule has 0 fully saturated rings. The second-order valence-electron chi connectivity index (χ2n) is 0.218. The molecular weight excluding hydrogens is 132 g/mol. The van der Waals surface area contributed by atoms with Crippen LogP contribution in [0.25, 0.3) is 0 Å². The minimum atomic E-state index is 0. The van der Waals surface area contributed by atoms with Crippen molar-refractivity contribution in [1.82, 2.24) is 0 Å². The van der Waals surface area contributed by atoms with Crippen molar-refractivity contribution in [2.45, 2.75) is 6.92 Å². The van der Waals surface area contributed by atoms with Crippen LogP contribution in [0.2, 0.25) is 0 Å². The second-order valence-corrected chi connectivity index (χ2v) is 0.218. The molecule has 0 amide bonds. The Bertz CT molecular complexity index is 6.00. The van der Waals surface area contributed by atoms with Crippen LogP contribution in [0.1, 0.15) is 6.92 Å². The van der Waals surface area contributed by atoms with E-state index in [0.717, 1.165) is 0 Å². The van der Waals surface area contributed by atoms with Gasteiger partial charge < -0.3 is 4.39 Å². The van der Waals surface area contributed by atoms with Crippen molar-refractivity contribution in [3.63, 3.8) is 0 Å². The van der Waals surface area contributed by atoms with Gasteiger partial charge in [0.15, 0.2) is 0 Å². The first-order valence-electron chi connectivity index (χ1n) is 0.796.